The van der Waals surface area contributed by atoms with Crippen molar-refractivity contribution in [2.24, 2.45) is 0 Å². The van der Waals surface area contributed by atoms with Gasteiger partial charge in [0.2, 0.25) is 0 Å². The van der Waals surface area contributed by atoms with E-state index < -0.39 is 7.26 Å². The number of hydrogen-bond acceptors (Lipinski definition) is 0. The van der Waals surface area contributed by atoms with Gasteiger partial charge in [-0.2, -0.15) is 0 Å². The predicted molar refractivity (Wildman–Crippen MR) is 133 cm³/mol. The number of hydrogen-bond donors (Lipinski definition) is 0. The Bertz CT molecular complexity index is 1120. The molecule has 4 aromatic rings. The Morgan fingerprint density at radius 3 is 1.38 bits per heavy atom. The van der Waals surface area contributed by atoms with Crippen LogP contribution in [0.5, 0.6) is 0 Å². The quantitative estimate of drug-likeness (QED) is 0.298. The van der Waals surface area contributed by atoms with E-state index in [2.05, 4.69) is 100 Å². The average molecular weight is 399 g/mol. The summed E-state index contributed by atoms with van der Waals surface area (Å²) < 4.78 is 0. The summed E-state index contributed by atoms with van der Waals surface area (Å²) in [6, 6.07) is 27.5. The molecule has 0 aromatic heterocycles. The fraction of sp³-hybridized carbons (Fsp3) is 0.286. The third-order valence-corrected chi connectivity index (χ3v) is 14.3. The zero-order valence-electron chi connectivity index (χ0n) is 18.0. The molecule has 0 nitrogen and oxygen atoms in total. The van der Waals surface area contributed by atoms with Crippen molar-refractivity contribution in [2.45, 2.75) is 51.3 Å². The Hall–Kier alpha value is -2.17. The first-order chi connectivity index (χ1) is 14.0. The van der Waals surface area contributed by atoms with E-state index in [4.69, 9.17) is 0 Å². The van der Waals surface area contributed by atoms with Gasteiger partial charge in [-0.25, -0.2) is 0 Å². The summed E-state index contributed by atoms with van der Waals surface area (Å²) in [5.74, 6) is 0. The Labute approximate surface area is 175 Å². The van der Waals surface area contributed by atoms with Gasteiger partial charge in [-0.3, -0.25) is 0 Å². The molecule has 148 valence electrons. The molecule has 0 bridgehead atoms. The summed E-state index contributed by atoms with van der Waals surface area (Å²) in [7, 11) is -1.56. The van der Waals surface area contributed by atoms with E-state index in [1.165, 1.54) is 45.0 Å². The Kier molecular flexibility index (Phi) is 4.52. The normalized spacial score (nSPS) is 16.6. The number of rotatable bonds is 2. The first-order valence-corrected chi connectivity index (χ1v) is 13.6. The van der Waals surface area contributed by atoms with Crippen molar-refractivity contribution in [3.05, 3.63) is 83.9 Å². The fourth-order valence-corrected chi connectivity index (χ4v) is 10.9. The van der Waals surface area contributed by atoms with E-state index in [9.17, 15) is 0 Å². The van der Waals surface area contributed by atoms with Gasteiger partial charge in [-0.05, 0) is 0 Å². The molecule has 0 aliphatic carbocycles. The topological polar surface area (TPSA) is 0 Å². The summed E-state index contributed by atoms with van der Waals surface area (Å²) in [5, 5.41) is 5.54. The van der Waals surface area contributed by atoms with Crippen LogP contribution in [0.1, 0.15) is 38.8 Å². The van der Waals surface area contributed by atoms with E-state index in [0.29, 0.717) is 0 Å². The minimum atomic E-state index is -1.56. The first-order valence-electron chi connectivity index (χ1n) is 11.0. The molecule has 4 aromatic carbocycles. The summed E-state index contributed by atoms with van der Waals surface area (Å²) in [6.45, 7) is 9.94. The maximum absolute atomic E-state index is 2.49. The second kappa shape index (κ2) is 6.96. The molecule has 0 amide bonds. The molecule has 0 N–H and O–H groups in total. The molecular formula is C28H31P. The van der Waals surface area contributed by atoms with Crippen molar-refractivity contribution in [1.82, 2.24) is 0 Å². The van der Waals surface area contributed by atoms with Crippen molar-refractivity contribution in [3.8, 4) is 11.1 Å². The van der Waals surface area contributed by atoms with Crippen LogP contribution in [0.15, 0.2) is 72.8 Å². The molecule has 0 fully saturated rings. The van der Waals surface area contributed by atoms with Crippen LogP contribution in [0.2, 0.25) is 0 Å². The summed E-state index contributed by atoms with van der Waals surface area (Å²) in [5.41, 5.74) is 7.69. The van der Waals surface area contributed by atoms with E-state index in [0.717, 1.165) is 11.3 Å². The molecule has 29 heavy (non-hydrogen) atoms. The molecular weight excluding hydrogens is 367 g/mol. The van der Waals surface area contributed by atoms with Crippen molar-refractivity contribution < 1.29 is 0 Å². The Morgan fingerprint density at radius 1 is 0.552 bits per heavy atom. The molecule has 1 aliphatic heterocycles. The molecule has 0 saturated carbocycles. The second-order valence-electron chi connectivity index (χ2n) is 9.54. The fourth-order valence-electron chi connectivity index (χ4n) is 5.77. The third kappa shape index (κ3) is 2.84. The minimum absolute atomic E-state index is 0.763. The molecule has 5 rings (SSSR count). The van der Waals surface area contributed by atoms with Gasteiger partial charge in [-0.1, -0.05) is 0 Å². The van der Waals surface area contributed by atoms with E-state index in [-0.39, 0.29) is 0 Å². The summed E-state index contributed by atoms with van der Waals surface area (Å²) in [4.78, 5) is 0. The van der Waals surface area contributed by atoms with Crippen molar-refractivity contribution in [1.29, 1.82) is 0 Å². The zero-order chi connectivity index (χ0) is 20.2. The standard InChI is InChI=1S/C28H31P/c1-19(2)29(20(3)4)17-23-15-13-21-9-5-7-11-25(21)27(23)28-24(18-29)16-14-22-10-6-8-12-26(22)28/h5-16,19-20,29H,17-18H2,1-4H3. The van der Waals surface area contributed by atoms with Gasteiger partial charge >= 0.3 is 175 Å². The molecule has 0 unspecified atom stereocenters. The van der Waals surface area contributed by atoms with Crippen LogP contribution < -0.4 is 0 Å². The second-order valence-corrected chi connectivity index (χ2v) is 15.0. The van der Waals surface area contributed by atoms with E-state index in [1.807, 2.05) is 0 Å². The van der Waals surface area contributed by atoms with E-state index >= 15 is 0 Å². The summed E-state index contributed by atoms with van der Waals surface area (Å²) >= 11 is 0. The monoisotopic (exact) mass is 398 g/mol. The van der Waals surface area contributed by atoms with Crippen LogP contribution in [-0.4, -0.2) is 11.3 Å². The zero-order valence-corrected chi connectivity index (χ0v) is 19.0. The number of benzene rings is 4. The SMILES string of the molecule is CC(C)[PH]1(C(C)C)Cc2ccc3ccccc3c2-c2c(ccc3ccccc23)C1. The van der Waals surface area contributed by atoms with Crippen molar-refractivity contribution >= 4 is 28.8 Å². The maximum atomic E-state index is 2.49. The van der Waals surface area contributed by atoms with Gasteiger partial charge in [-0.15, -0.1) is 0 Å². The van der Waals surface area contributed by atoms with Crippen molar-refractivity contribution in [3.63, 3.8) is 0 Å². The van der Waals surface area contributed by atoms with Gasteiger partial charge < -0.3 is 0 Å². The number of fused-ring (bicyclic) bond motifs is 7. The summed E-state index contributed by atoms with van der Waals surface area (Å²) in [6.07, 6.45) is 2.57. The van der Waals surface area contributed by atoms with Crippen LogP contribution in [0, 0.1) is 0 Å². The van der Waals surface area contributed by atoms with Gasteiger partial charge in [0, 0.05) is 0 Å². The predicted octanol–water partition coefficient (Wildman–Crippen LogP) is 8.24. The van der Waals surface area contributed by atoms with Gasteiger partial charge in [0.15, 0.2) is 0 Å². The van der Waals surface area contributed by atoms with Crippen LogP contribution >= 0.6 is 7.26 Å². The third-order valence-electron chi connectivity index (χ3n) is 7.62. The van der Waals surface area contributed by atoms with Crippen LogP contribution in [-0.2, 0) is 12.3 Å². The molecule has 1 heteroatoms. The van der Waals surface area contributed by atoms with Gasteiger partial charge in [0.05, 0.1) is 0 Å². The van der Waals surface area contributed by atoms with Crippen LogP contribution in [0.25, 0.3) is 32.7 Å². The van der Waals surface area contributed by atoms with Gasteiger partial charge in [0.25, 0.3) is 0 Å². The molecule has 1 heterocycles. The molecule has 0 radical (unpaired) electrons. The van der Waals surface area contributed by atoms with Gasteiger partial charge in [0.1, 0.15) is 0 Å². The molecule has 0 spiro atoms. The van der Waals surface area contributed by atoms with Crippen molar-refractivity contribution in [2.75, 3.05) is 0 Å². The van der Waals surface area contributed by atoms with E-state index in [1.54, 1.807) is 11.1 Å². The Morgan fingerprint density at radius 2 is 0.966 bits per heavy atom. The van der Waals surface area contributed by atoms with Crippen LogP contribution in [0.4, 0.5) is 0 Å². The molecule has 0 atom stereocenters. The Balaban J connectivity index is 1.96. The molecule has 1 aliphatic rings. The first kappa shape index (κ1) is 18.8. The van der Waals surface area contributed by atoms with Crippen LogP contribution in [0.3, 0.4) is 0 Å². The molecule has 0 saturated heterocycles. The average Bonchev–Trinajstić information content (AvgIpc) is 2.89.